The van der Waals surface area contributed by atoms with Crippen molar-refractivity contribution in [3.63, 3.8) is 0 Å². The summed E-state index contributed by atoms with van der Waals surface area (Å²) in [4.78, 5) is 10.7. The molecule has 1 aromatic rings. The lowest BCUT2D eigenvalue weighted by Crippen LogP contribution is -2.13. The van der Waals surface area contributed by atoms with Crippen molar-refractivity contribution in [2.24, 2.45) is 0 Å². The van der Waals surface area contributed by atoms with Crippen LogP contribution in [0.25, 0.3) is 0 Å². The van der Waals surface area contributed by atoms with Gasteiger partial charge in [0.1, 0.15) is 0 Å². The van der Waals surface area contributed by atoms with Crippen LogP contribution in [0.1, 0.15) is 27.9 Å². The molecule has 2 rings (SSSR count). The Balaban J connectivity index is 2.66. The van der Waals surface area contributed by atoms with E-state index in [0.29, 0.717) is 5.56 Å². The molecule has 0 radical (unpaired) electrons. The van der Waals surface area contributed by atoms with Crippen LogP contribution in [0.5, 0.6) is 0 Å². The zero-order valence-corrected chi connectivity index (χ0v) is 7.26. The summed E-state index contributed by atoms with van der Waals surface area (Å²) in [5.74, 6) is -4.27. The zero-order chi connectivity index (χ0) is 10.3. The molecule has 1 aliphatic rings. The predicted molar refractivity (Wildman–Crippen MR) is 45.6 cm³/mol. The molecule has 0 bridgehead atoms. The molecule has 0 heterocycles. The van der Waals surface area contributed by atoms with Gasteiger partial charge in [0.05, 0.1) is 5.56 Å². The number of carbonyl (C=O) groups is 1. The number of aromatic carboxylic acids is 1. The standard InChI is InChI=1S/C10H8F2O2/c11-10(12)5-4-6-2-1-3-7(8(6)10)9(13)14/h1-3H,4-5H2,(H,13,14). The Hall–Kier alpha value is -1.45. The first-order valence-electron chi connectivity index (χ1n) is 4.26. The van der Waals surface area contributed by atoms with Gasteiger partial charge in [0, 0.05) is 12.0 Å². The molecule has 0 saturated heterocycles. The number of hydrogen-bond acceptors (Lipinski definition) is 1. The number of hydrogen-bond donors (Lipinski definition) is 1. The molecular formula is C10H8F2O2. The number of carboxylic acids is 1. The van der Waals surface area contributed by atoms with Crippen LogP contribution >= 0.6 is 0 Å². The first-order chi connectivity index (χ1) is 6.52. The van der Waals surface area contributed by atoms with Crippen LogP contribution < -0.4 is 0 Å². The van der Waals surface area contributed by atoms with Gasteiger partial charge in [-0.15, -0.1) is 0 Å². The van der Waals surface area contributed by atoms with Gasteiger partial charge in [-0.3, -0.25) is 0 Å². The number of carboxylic acid groups (broad SMARTS) is 1. The van der Waals surface area contributed by atoms with Crippen molar-refractivity contribution in [2.75, 3.05) is 0 Å². The van der Waals surface area contributed by atoms with Gasteiger partial charge in [-0.25, -0.2) is 13.6 Å². The summed E-state index contributed by atoms with van der Waals surface area (Å²) in [6.07, 6.45) is -0.0317. The Labute approximate surface area is 79.2 Å². The van der Waals surface area contributed by atoms with E-state index in [0.717, 1.165) is 0 Å². The second kappa shape index (κ2) is 2.77. The number of benzene rings is 1. The van der Waals surface area contributed by atoms with E-state index in [1.807, 2.05) is 0 Å². The highest BCUT2D eigenvalue weighted by molar-refractivity contribution is 5.90. The van der Waals surface area contributed by atoms with E-state index in [1.165, 1.54) is 12.1 Å². The molecule has 1 N–H and O–H groups in total. The van der Waals surface area contributed by atoms with E-state index in [9.17, 15) is 13.6 Å². The first kappa shape index (κ1) is 9.12. The lowest BCUT2D eigenvalue weighted by Gasteiger charge is -2.12. The van der Waals surface area contributed by atoms with Gasteiger partial charge in [0.2, 0.25) is 0 Å². The molecule has 0 amide bonds. The molecule has 0 fully saturated rings. The van der Waals surface area contributed by atoms with E-state index < -0.39 is 11.9 Å². The molecule has 0 aliphatic heterocycles. The second-order valence-corrected chi connectivity index (χ2v) is 3.35. The third-order valence-electron chi connectivity index (χ3n) is 2.46. The maximum atomic E-state index is 13.3. The summed E-state index contributed by atoms with van der Waals surface area (Å²) in [7, 11) is 0. The van der Waals surface area contributed by atoms with Crippen LogP contribution in [0.15, 0.2) is 18.2 Å². The molecule has 1 aliphatic carbocycles. The molecule has 14 heavy (non-hydrogen) atoms. The third-order valence-corrected chi connectivity index (χ3v) is 2.46. The average molecular weight is 198 g/mol. The molecular weight excluding hydrogens is 190 g/mol. The normalized spacial score (nSPS) is 17.9. The second-order valence-electron chi connectivity index (χ2n) is 3.35. The zero-order valence-electron chi connectivity index (χ0n) is 7.26. The smallest absolute Gasteiger partial charge is 0.336 e. The Kier molecular flexibility index (Phi) is 1.80. The largest absolute Gasteiger partial charge is 0.478 e. The molecule has 0 atom stereocenters. The minimum Gasteiger partial charge on any atom is -0.478 e. The van der Waals surface area contributed by atoms with Crippen molar-refractivity contribution in [2.45, 2.75) is 18.8 Å². The SMILES string of the molecule is O=C(O)c1cccc2c1C(F)(F)CC2. The van der Waals surface area contributed by atoms with Crippen LogP contribution in [-0.2, 0) is 12.3 Å². The van der Waals surface area contributed by atoms with Crippen LogP contribution in [0.2, 0.25) is 0 Å². The van der Waals surface area contributed by atoms with Gasteiger partial charge in [-0.2, -0.15) is 0 Å². The van der Waals surface area contributed by atoms with Gasteiger partial charge in [-0.05, 0) is 18.1 Å². The average Bonchev–Trinajstić information content (AvgIpc) is 2.43. The van der Waals surface area contributed by atoms with E-state index in [4.69, 9.17) is 5.11 Å². The first-order valence-corrected chi connectivity index (χ1v) is 4.26. The molecule has 0 aromatic heterocycles. The predicted octanol–water partition coefficient (Wildman–Crippen LogP) is 2.42. The summed E-state index contributed by atoms with van der Waals surface area (Å²) < 4.78 is 26.6. The van der Waals surface area contributed by atoms with E-state index in [-0.39, 0.29) is 24.0 Å². The Morgan fingerprint density at radius 3 is 2.79 bits per heavy atom. The molecule has 0 spiro atoms. The molecule has 2 nitrogen and oxygen atoms in total. The molecule has 0 saturated carbocycles. The van der Waals surface area contributed by atoms with Crippen molar-refractivity contribution in [1.82, 2.24) is 0 Å². The van der Waals surface area contributed by atoms with Crippen molar-refractivity contribution < 1.29 is 18.7 Å². The number of fused-ring (bicyclic) bond motifs is 1. The molecule has 74 valence electrons. The van der Waals surface area contributed by atoms with Crippen LogP contribution in [0.4, 0.5) is 8.78 Å². The quantitative estimate of drug-likeness (QED) is 0.752. The minimum absolute atomic E-state index is 0.253. The fraction of sp³-hybridized carbons (Fsp3) is 0.300. The number of rotatable bonds is 1. The maximum Gasteiger partial charge on any atom is 0.336 e. The van der Waals surface area contributed by atoms with E-state index in [1.54, 1.807) is 6.07 Å². The lowest BCUT2D eigenvalue weighted by molar-refractivity contribution is -0.00324. The van der Waals surface area contributed by atoms with Gasteiger partial charge < -0.3 is 5.11 Å². The fourth-order valence-electron chi connectivity index (χ4n) is 1.84. The van der Waals surface area contributed by atoms with E-state index in [2.05, 4.69) is 0 Å². The topological polar surface area (TPSA) is 37.3 Å². The summed E-state index contributed by atoms with van der Waals surface area (Å²) >= 11 is 0. The Morgan fingerprint density at radius 2 is 2.14 bits per heavy atom. The Morgan fingerprint density at radius 1 is 1.43 bits per heavy atom. The molecule has 0 unspecified atom stereocenters. The minimum atomic E-state index is -2.98. The molecule has 1 aromatic carbocycles. The molecule has 4 heteroatoms. The van der Waals surface area contributed by atoms with E-state index >= 15 is 0 Å². The third kappa shape index (κ3) is 1.18. The summed E-state index contributed by atoms with van der Waals surface area (Å²) in [5.41, 5.74) is -0.118. The van der Waals surface area contributed by atoms with Gasteiger partial charge >= 0.3 is 5.97 Å². The van der Waals surface area contributed by atoms with Crippen LogP contribution in [0, 0.1) is 0 Å². The van der Waals surface area contributed by atoms with Crippen molar-refractivity contribution in [3.8, 4) is 0 Å². The maximum absolute atomic E-state index is 13.3. The van der Waals surface area contributed by atoms with Gasteiger partial charge in [-0.1, -0.05) is 12.1 Å². The van der Waals surface area contributed by atoms with Crippen LogP contribution in [0.3, 0.4) is 0 Å². The highest BCUT2D eigenvalue weighted by Crippen LogP contribution is 2.43. The number of alkyl halides is 2. The summed E-state index contributed by atoms with van der Waals surface area (Å²) in [6.45, 7) is 0. The van der Waals surface area contributed by atoms with Crippen LogP contribution in [-0.4, -0.2) is 11.1 Å². The number of halogens is 2. The Bertz CT molecular complexity index is 399. The van der Waals surface area contributed by atoms with Gasteiger partial charge in [0.15, 0.2) is 0 Å². The van der Waals surface area contributed by atoms with Crippen molar-refractivity contribution in [3.05, 3.63) is 34.9 Å². The van der Waals surface area contributed by atoms with Crippen molar-refractivity contribution in [1.29, 1.82) is 0 Å². The van der Waals surface area contributed by atoms with Gasteiger partial charge in [0.25, 0.3) is 5.92 Å². The highest BCUT2D eigenvalue weighted by Gasteiger charge is 2.42. The number of aryl methyl sites for hydroxylation is 1. The lowest BCUT2D eigenvalue weighted by atomic mass is 10.0. The summed E-state index contributed by atoms with van der Waals surface area (Å²) in [5, 5.41) is 8.75. The monoisotopic (exact) mass is 198 g/mol. The summed E-state index contributed by atoms with van der Waals surface area (Å²) in [6, 6.07) is 4.28. The van der Waals surface area contributed by atoms with Crippen molar-refractivity contribution >= 4 is 5.97 Å². The fourth-order valence-corrected chi connectivity index (χ4v) is 1.84. The highest BCUT2D eigenvalue weighted by atomic mass is 19.3.